The molecule has 2 amide bonds. The van der Waals surface area contributed by atoms with Crippen LogP contribution in [0.15, 0.2) is 63.6 Å². The van der Waals surface area contributed by atoms with E-state index in [0.29, 0.717) is 25.3 Å². The maximum absolute atomic E-state index is 12.5. The molecule has 3 aromatic rings. The number of anilines is 1. The molecule has 0 saturated carbocycles. The van der Waals surface area contributed by atoms with Crippen molar-refractivity contribution in [1.82, 2.24) is 15.0 Å². The highest BCUT2D eigenvalue weighted by molar-refractivity contribution is 9.10. The van der Waals surface area contributed by atoms with Crippen molar-refractivity contribution < 1.29 is 18.8 Å². The van der Waals surface area contributed by atoms with Gasteiger partial charge in [0.15, 0.2) is 6.61 Å². The second kappa shape index (κ2) is 9.74. The van der Waals surface area contributed by atoms with Crippen LogP contribution in [0.3, 0.4) is 0 Å². The van der Waals surface area contributed by atoms with Gasteiger partial charge >= 0.3 is 12.0 Å². The van der Waals surface area contributed by atoms with Crippen molar-refractivity contribution in [3.63, 3.8) is 0 Å². The number of piperidine rings is 1. The van der Waals surface area contributed by atoms with Crippen LogP contribution in [0, 0.1) is 5.92 Å². The first-order chi connectivity index (χ1) is 15.1. The quantitative estimate of drug-likeness (QED) is 0.535. The Morgan fingerprint density at radius 2 is 2.03 bits per heavy atom. The second-order valence-electron chi connectivity index (χ2n) is 7.21. The summed E-state index contributed by atoms with van der Waals surface area (Å²) < 4.78 is 11.5. The third kappa shape index (κ3) is 5.49. The first kappa shape index (κ1) is 21.0. The van der Waals surface area contributed by atoms with E-state index in [1.807, 2.05) is 54.6 Å². The van der Waals surface area contributed by atoms with Gasteiger partial charge in [0.1, 0.15) is 0 Å². The molecule has 4 rings (SSSR count). The summed E-state index contributed by atoms with van der Waals surface area (Å²) in [5, 5.41) is 6.78. The third-order valence-corrected chi connectivity index (χ3v) is 5.45. The average molecular weight is 485 g/mol. The first-order valence-corrected chi connectivity index (χ1v) is 10.7. The fraction of sp³-hybridized carbons (Fsp3) is 0.273. The second-order valence-corrected chi connectivity index (χ2v) is 8.13. The first-order valence-electron chi connectivity index (χ1n) is 9.94. The Balaban J connectivity index is 1.30. The van der Waals surface area contributed by atoms with Gasteiger partial charge in [-0.3, -0.25) is 4.79 Å². The molecular formula is C22H21BrN4O4. The summed E-state index contributed by atoms with van der Waals surface area (Å²) in [4.78, 5) is 31.0. The lowest BCUT2D eigenvalue weighted by molar-refractivity contribution is -0.152. The number of rotatable bonds is 5. The van der Waals surface area contributed by atoms with Gasteiger partial charge < -0.3 is 19.5 Å². The van der Waals surface area contributed by atoms with Crippen LogP contribution in [-0.4, -0.2) is 40.1 Å². The Bertz CT molecular complexity index is 1060. The minimum absolute atomic E-state index is 0.105. The maximum atomic E-state index is 12.5. The predicted octanol–water partition coefficient (Wildman–Crippen LogP) is 4.49. The predicted molar refractivity (Wildman–Crippen MR) is 117 cm³/mol. The lowest BCUT2D eigenvalue weighted by Crippen LogP contribution is -2.44. The molecule has 2 aromatic carbocycles. The monoisotopic (exact) mass is 484 g/mol. The van der Waals surface area contributed by atoms with Crippen LogP contribution in [0.2, 0.25) is 0 Å². The SMILES string of the molecule is O=C(OCc1nc(-c2cccc(Br)c2)no1)C1CCCN(C(=O)Nc2ccccc2)C1. The van der Waals surface area contributed by atoms with Crippen LogP contribution in [-0.2, 0) is 16.1 Å². The van der Waals surface area contributed by atoms with E-state index in [4.69, 9.17) is 9.26 Å². The molecule has 1 N–H and O–H groups in total. The van der Waals surface area contributed by atoms with Crippen LogP contribution in [0.25, 0.3) is 11.4 Å². The highest BCUT2D eigenvalue weighted by Gasteiger charge is 2.30. The number of nitrogens with zero attached hydrogens (tertiary/aromatic N) is 3. The van der Waals surface area contributed by atoms with Gasteiger partial charge in [0.2, 0.25) is 5.82 Å². The van der Waals surface area contributed by atoms with Gasteiger partial charge in [0, 0.05) is 28.8 Å². The van der Waals surface area contributed by atoms with Gasteiger partial charge in [0.25, 0.3) is 5.89 Å². The molecule has 1 aliphatic heterocycles. The highest BCUT2D eigenvalue weighted by Crippen LogP contribution is 2.22. The highest BCUT2D eigenvalue weighted by atomic mass is 79.9. The molecule has 0 aliphatic carbocycles. The molecule has 1 atom stereocenters. The van der Waals surface area contributed by atoms with Gasteiger partial charge in [-0.1, -0.05) is 51.4 Å². The zero-order chi connectivity index (χ0) is 21.6. The average Bonchev–Trinajstić information content (AvgIpc) is 3.27. The zero-order valence-corrected chi connectivity index (χ0v) is 18.2. The molecule has 1 unspecified atom stereocenters. The number of esters is 1. The molecule has 160 valence electrons. The summed E-state index contributed by atoms with van der Waals surface area (Å²) in [6, 6.07) is 16.5. The van der Waals surface area contributed by atoms with Gasteiger partial charge in [-0.05, 0) is 37.1 Å². The number of halogens is 1. The number of benzene rings is 2. The number of aromatic nitrogens is 2. The van der Waals surface area contributed by atoms with Crippen molar-refractivity contribution in [1.29, 1.82) is 0 Å². The van der Waals surface area contributed by atoms with Crippen LogP contribution in [0.4, 0.5) is 10.5 Å². The minimum Gasteiger partial charge on any atom is -0.455 e. The lowest BCUT2D eigenvalue weighted by atomic mass is 9.98. The number of amides is 2. The molecule has 9 heteroatoms. The number of nitrogens with one attached hydrogen (secondary N) is 1. The van der Waals surface area contributed by atoms with E-state index in [9.17, 15) is 9.59 Å². The van der Waals surface area contributed by atoms with Crippen molar-refractivity contribution in [3.05, 3.63) is 65.0 Å². The van der Waals surface area contributed by atoms with Crippen molar-refractivity contribution in [3.8, 4) is 11.4 Å². The standard InChI is InChI=1S/C22H21BrN4O4/c23-17-8-4-6-15(12-17)20-25-19(31-26-20)14-30-21(28)16-7-5-11-27(13-16)22(29)24-18-9-2-1-3-10-18/h1-4,6,8-10,12,16H,5,7,11,13-14H2,(H,24,29). The zero-order valence-electron chi connectivity index (χ0n) is 16.7. The van der Waals surface area contributed by atoms with Crippen molar-refractivity contribution >= 4 is 33.6 Å². The van der Waals surface area contributed by atoms with Crippen LogP contribution in [0.1, 0.15) is 18.7 Å². The number of para-hydroxylation sites is 1. The number of ether oxygens (including phenoxy) is 1. The van der Waals surface area contributed by atoms with E-state index in [1.54, 1.807) is 4.90 Å². The van der Waals surface area contributed by atoms with E-state index >= 15 is 0 Å². The van der Waals surface area contributed by atoms with Gasteiger partial charge in [-0.15, -0.1) is 0 Å². The lowest BCUT2D eigenvalue weighted by Gasteiger charge is -2.31. The van der Waals surface area contributed by atoms with E-state index in [-0.39, 0.29) is 30.4 Å². The maximum Gasteiger partial charge on any atom is 0.321 e. The van der Waals surface area contributed by atoms with Gasteiger partial charge in [-0.2, -0.15) is 4.98 Å². The number of hydrogen-bond acceptors (Lipinski definition) is 6. The van der Waals surface area contributed by atoms with E-state index in [0.717, 1.165) is 22.1 Å². The Morgan fingerprint density at radius 3 is 2.84 bits per heavy atom. The molecule has 1 aliphatic rings. The van der Waals surface area contributed by atoms with E-state index in [1.165, 1.54) is 0 Å². The summed E-state index contributed by atoms with van der Waals surface area (Å²) in [6.07, 6.45) is 1.40. The molecule has 1 fully saturated rings. The smallest absolute Gasteiger partial charge is 0.321 e. The molecule has 0 spiro atoms. The number of likely N-dealkylation sites (tertiary alicyclic amines) is 1. The molecule has 0 radical (unpaired) electrons. The van der Waals surface area contributed by atoms with Gasteiger partial charge in [-0.25, -0.2) is 4.79 Å². The Hall–Kier alpha value is -3.20. The fourth-order valence-corrected chi connectivity index (χ4v) is 3.79. The normalized spacial score (nSPS) is 16.0. The molecule has 8 nitrogen and oxygen atoms in total. The van der Waals surface area contributed by atoms with Crippen molar-refractivity contribution in [2.24, 2.45) is 5.92 Å². The fourth-order valence-electron chi connectivity index (χ4n) is 3.39. The summed E-state index contributed by atoms with van der Waals surface area (Å²) in [5.41, 5.74) is 1.51. The van der Waals surface area contributed by atoms with Crippen LogP contribution < -0.4 is 5.32 Å². The van der Waals surface area contributed by atoms with Crippen LogP contribution >= 0.6 is 15.9 Å². The summed E-state index contributed by atoms with van der Waals surface area (Å²) in [7, 11) is 0. The Morgan fingerprint density at radius 1 is 1.19 bits per heavy atom. The molecule has 1 aromatic heterocycles. The van der Waals surface area contributed by atoms with Gasteiger partial charge in [0.05, 0.1) is 5.92 Å². The summed E-state index contributed by atoms with van der Waals surface area (Å²) >= 11 is 3.41. The molecule has 1 saturated heterocycles. The number of hydrogen-bond donors (Lipinski definition) is 1. The molecule has 2 heterocycles. The molecule has 0 bridgehead atoms. The Kier molecular flexibility index (Phi) is 6.61. The number of urea groups is 1. The third-order valence-electron chi connectivity index (χ3n) is 4.96. The minimum atomic E-state index is -0.386. The van der Waals surface area contributed by atoms with E-state index < -0.39 is 0 Å². The summed E-state index contributed by atoms with van der Waals surface area (Å²) in [6.45, 7) is 0.805. The summed E-state index contributed by atoms with van der Waals surface area (Å²) in [5.74, 6) is -0.117. The van der Waals surface area contributed by atoms with E-state index in [2.05, 4.69) is 31.4 Å². The number of carbonyl (C=O) groups is 2. The molecular weight excluding hydrogens is 464 g/mol. The van der Waals surface area contributed by atoms with Crippen molar-refractivity contribution in [2.45, 2.75) is 19.4 Å². The van der Waals surface area contributed by atoms with Crippen LogP contribution in [0.5, 0.6) is 0 Å². The Labute approximate surface area is 187 Å². The topological polar surface area (TPSA) is 97.6 Å². The molecule has 31 heavy (non-hydrogen) atoms. The number of carbonyl (C=O) groups excluding carboxylic acids is 2. The largest absolute Gasteiger partial charge is 0.455 e. The van der Waals surface area contributed by atoms with Crippen molar-refractivity contribution in [2.75, 3.05) is 18.4 Å².